The number of rotatable bonds is 13. The number of carbonyl (C=O) groups is 1. The van der Waals surface area contributed by atoms with Crippen LogP contribution >= 0.6 is 43.5 Å². The van der Waals surface area contributed by atoms with Crippen LogP contribution in [-0.4, -0.2) is 147 Å². The molecule has 0 bridgehead atoms. The molecule has 4 aromatic carbocycles. The molecule has 0 radical (unpaired) electrons. The molecule has 3 saturated heterocycles. The minimum Gasteiger partial charge on any atom is -1.00 e. The standard InChI is InChI=1S/C21H24F3N3O2.C16H25BO3.C12H24B2O4.C11H11ClF3N3O.C10H13BrO.C9H9BrO2.CH3.BrH.Mg/c1-13-6-7-14(20(2,3)29)12-15(13)16-8-9-17-18(25-16)26(4)19(28)27(17)11-5-10-21(22,23)24;1-11-8-9-12(14(2,3)18)10-13(11)17-19-15(4,5)16(6,7)20-17;1-9(2)10(3,4)16-13(15-9)14-17-11(5,6)12(7,8)18-14;1-17-9-7(3-4-8(12)16-9)18(10(17)19)6-2-5-11(13,14)15;1-7-4-5-8(6-9(7)11)10(2,3)12;1-6-3-4-7(5-8(6)10)9(11)12-2;;;/h6-9,12,29H,5,10-11H2,1-4H3;8-10,18H,1-7H3;1-8H3;3-4H,2,5-6H2,1H3;4-6,12H,1-3H3;3-5H,1-2H3;1H3;1H;/q;;;;;;-1;;+2/p-1. The molecule has 0 unspecified atom stereocenters. The Morgan fingerprint density at radius 1 is 0.513 bits per heavy atom. The maximum Gasteiger partial charge on any atom is 2.00 e. The molecule has 33 heteroatoms. The number of hydrogen-bond acceptors (Lipinski definition) is 15. The predicted molar refractivity (Wildman–Crippen MR) is 442 cm³/mol. The van der Waals surface area contributed by atoms with E-state index in [9.17, 15) is 56.0 Å². The number of alkyl halides is 6. The van der Waals surface area contributed by atoms with Crippen molar-refractivity contribution < 1.29 is 96.1 Å². The van der Waals surface area contributed by atoms with Gasteiger partial charge in [-0.05, 0) is 253 Å². The summed E-state index contributed by atoms with van der Waals surface area (Å²) in [5, 5.41) is 30.4. The molecular formula is C80H109B3Br3ClF6MgN6O13. The van der Waals surface area contributed by atoms with E-state index in [1.807, 2.05) is 171 Å². The van der Waals surface area contributed by atoms with Crippen molar-refractivity contribution in [3.05, 3.63) is 184 Å². The van der Waals surface area contributed by atoms with Crippen LogP contribution in [0, 0.1) is 35.1 Å². The van der Waals surface area contributed by atoms with E-state index in [-0.39, 0.29) is 125 Å². The number of fused-ring (bicyclic) bond motifs is 2. The molecule has 3 aliphatic heterocycles. The number of halogens is 10. The molecule has 19 nitrogen and oxygen atoms in total. The molecule has 4 aromatic heterocycles. The van der Waals surface area contributed by atoms with Gasteiger partial charge >= 0.3 is 73.9 Å². The summed E-state index contributed by atoms with van der Waals surface area (Å²) >= 11 is 12.5. The Bertz CT molecular complexity index is 4620. The predicted octanol–water partition coefficient (Wildman–Crippen LogP) is 14.4. The van der Waals surface area contributed by atoms with E-state index in [4.69, 9.17) is 39.5 Å². The van der Waals surface area contributed by atoms with Gasteiger partial charge in [-0.15, -0.1) is 0 Å². The second-order valence-electron chi connectivity index (χ2n) is 32.5. The van der Waals surface area contributed by atoms with Crippen LogP contribution in [-0.2, 0) is 76.7 Å². The number of methoxy groups -OCH3 is 1. The Morgan fingerprint density at radius 2 is 0.858 bits per heavy atom. The van der Waals surface area contributed by atoms with E-state index >= 15 is 0 Å². The Hall–Kier alpha value is -4.90. The summed E-state index contributed by atoms with van der Waals surface area (Å²) < 4.78 is 121. The maximum atomic E-state index is 12.5. The van der Waals surface area contributed by atoms with Gasteiger partial charge in [0, 0.05) is 54.5 Å². The molecule has 3 aliphatic rings. The zero-order valence-corrected chi connectivity index (χ0v) is 76.7. The smallest absolute Gasteiger partial charge is 1.00 e. The van der Waals surface area contributed by atoms with Crippen LogP contribution in [0.4, 0.5) is 26.3 Å². The molecule has 11 rings (SSSR count). The number of aryl methyl sites for hydroxylation is 8. The van der Waals surface area contributed by atoms with E-state index in [1.54, 1.807) is 78.9 Å². The normalized spacial score (nSPS) is 16.5. The number of aromatic nitrogens is 6. The van der Waals surface area contributed by atoms with Gasteiger partial charge in [-0.25, -0.2) is 24.4 Å². The number of pyridine rings is 2. The van der Waals surface area contributed by atoms with Crippen molar-refractivity contribution in [1.82, 2.24) is 28.2 Å². The van der Waals surface area contributed by atoms with Crippen LogP contribution in [0.25, 0.3) is 33.6 Å². The van der Waals surface area contributed by atoms with Crippen LogP contribution in [0.2, 0.25) is 5.15 Å². The van der Waals surface area contributed by atoms with Crippen LogP contribution in [0.15, 0.2) is 116 Å². The van der Waals surface area contributed by atoms with Gasteiger partial charge < -0.3 is 72.4 Å². The second kappa shape index (κ2) is 38.9. The first-order valence-electron chi connectivity index (χ1n) is 36.0. The van der Waals surface area contributed by atoms with Gasteiger partial charge in [0.05, 0.1) is 79.8 Å². The van der Waals surface area contributed by atoms with Crippen LogP contribution in [0.3, 0.4) is 0 Å². The summed E-state index contributed by atoms with van der Waals surface area (Å²) in [6.45, 7) is 42.8. The van der Waals surface area contributed by atoms with Crippen molar-refractivity contribution >= 4 is 121 Å². The van der Waals surface area contributed by atoms with Gasteiger partial charge in [0.25, 0.3) is 0 Å². The Labute approximate surface area is 710 Å². The van der Waals surface area contributed by atoms with Gasteiger partial charge in [-0.1, -0.05) is 97.6 Å². The number of hydrogen-bond donors (Lipinski definition) is 3. The number of imidazole rings is 2. The first kappa shape index (κ1) is 102. The molecule has 0 aliphatic carbocycles. The van der Waals surface area contributed by atoms with Gasteiger partial charge in [-0.3, -0.25) is 18.3 Å². The average Bonchev–Trinajstić information content (AvgIpc) is 1.59. The maximum absolute atomic E-state index is 12.5. The van der Waals surface area contributed by atoms with Gasteiger partial charge in [0.1, 0.15) is 5.15 Å². The monoisotopic (exact) mass is 1800 g/mol. The van der Waals surface area contributed by atoms with Crippen molar-refractivity contribution in [2.24, 2.45) is 14.1 Å². The fraction of sp³-hybridized carbons (Fsp3) is 0.525. The summed E-state index contributed by atoms with van der Waals surface area (Å²) in [7, 11) is 3.10. The van der Waals surface area contributed by atoms with Crippen molar-refractivity contribution in [3.8, 4) is 11.3 Å². The molecule has 0 spiro atoms. The second-order valence-corrected chi connectivity index (χ2v) is 34.6. The Kier molecular flexibility index (Phi) is 35.2. The van der Waals surface area contributed by atoms with Crippen molar-refractivity contribution in [3.63, 3.8) is 0 Å². The quantitative estimate of drug-likeness (QED) is 0.0321. The molecule has 3 fully saturated rings. The molecule has 3 N–H and O–H groups in total. The summed E-state index contributed by atoms with van der Waals surface area (Å²) in [5.41, 5.74) is 6.08. The first-order valence-corrected chi connectivity index (χ1v) is 38.0. The number of carbonyl (C=O) groups excluding carboxylic acids is 1. The number of nitrogens with zero attached hydrogens (tertiary/aromatic N) is 6. The number of aliphatic hydroxyl groups is 3. The summed E-state index contributed by atoms with van der Waals surface area (Å²) in [5.74, 6) is -0.310. The van der Waals surface area contributed by atoms with E-state index in [2.05, 4.69) is 46.6 Å². The third-order valence-electron chi connectivity index (χ3n) is 20.6. The third-order valence-corrected chi connectivity index (χ3v) is 22.5. The van der Waals surface area contributed by atoms with Crippen LogP contribution in [0.1, 0.15) is 200 Å². The minimum absolute atomic E-state index is 0. The van der Waals surface area contributed by atoms with Gasteiger partial charge in [-0.2, -0.15) is 26.3 Å². The molecule has 8 aromatic rings. The van der Waals surface area contributed by atoms with Crippen molar-refractivity contribution in [2.45, 2.75) is 254 Å². The molecule has 7 heterocycles. The number of ether oxygens (including phenoxy) is 1. The summed E-state index contributed by atoms with van der Waals surface area (Å²) in [6.07, 6.45) is -10.6. The van der Waals surface area contributed by atoms with E-state index in [1.165, 1.54) is 44.1 Å². The molecule has 0 saturated carbocycles. The minimum atomic E-state index is -4.25. The molecule has 113 heavy (non-hydrogen) atoms. The van der Waals surface area contributed by atoms with Gasteiger partial charge in [0.2, 0.25) is 0 Å². The fourth-order valence-electron chi connectivity index (χ4n) is 11.3. The fourth-order valence-corrected chi connectivity index (χ4v) is 12.2. The number of benzene rings is 4. The first-order chi connectivity index (χ1) is 50.1. The van der Waals surface area contributed by atoms with Gasteiger partial charge in [0.15, 0.2) is 11.3 Å². The molecule has 0 amide bonds. The zero-order valence-electron chi connectivity index (χ0n) is 69.8. The Balaban J connectivity index is 0.000000358. The third kappa shape index (κ3) is 26.3. The summed E-state index contributed by atoms with van der Waals surface area (Å²) in [4.78, 5) is 44.1. The SMILES string of the molecule is CC1(C)OB(B2OC(C)(C)C(C)(C)O2)OC1(C)C.COC(=O)c1ccc(C)c(Br)c1.Cc1ccc(C(C)(C)O)cc1-c1ccc2c(n1)n(C)c(=O)n2CCCC(F)(F)F.Cc1ccc(C(C)(C)O)cc1B1OC(C)(C)C(C)(C)O1.Cc1ccc(C(C)(C)O)cc1Br.Cn1c(=O)n(CCCC(F)(F)F)c2ccc(Cl)nc21.[Br-].[CH3-].[Mg+2]. The van der Waals surface area contributed by atoms with E-state index in [0.717, 1.165) is 53.4 Å². The molecular weight excluding hydrogens is 1700 g/mol. The van der Waals surface area contributed by atoms with Crippen LogP contribution < -0.4 is 33.8 Å². The molecule has 618 valence electrons. The zero-order chi connectivity index (χ0) is 83.6. The van der Waals surface area contributed by atoms with E-state index in [0.29, 0.717) is 33.6 Å². The Morgan fingerprint density at radius 3 is 1.24 bits per heavy atom. The van der Waals surface area contributed by atoms with Crippen LogP contribution in [0.5, 0.6) is 0 Å². The van der Waals surface area contributed by atoms with Crippen molar-refractivity contribution in [2.75, 3.05) is 7.11 Å². The average molecular weight is 1810 g/mol. The van der Waals surface area contributed by atoms with Crippen molar-refractivity contribution in [1.29, 1.82) is 0 Å². The topological polar surface area (TPSA) is 222 Å². The number of esters is 1. The summed E-state index contributed by atoms with van der Waals surface area (Å²) in [6, 6.07) is 29.4. The molecule has 0 atom stereocenters. The van der Waals surface area contributed by atoms with E-state index < -0.39 is 67.4 Å². The largest absolute Gasteiger partial charge is 2.00 e.